The smallest absolute Gasteiger partial charge is 0.315 e. The number of unbranched alkanes of at least 4 members (excludes halogenated alkanes) is 1. The monoisotopic (exact) mass is 1430 g/mol. The van der Waals surface area contributed by atoms with Crippen LogP contribution in [-0.2, 0) is 90.4 Å². The van der Waals surface area contributed by atoms with Crippen molar-refractivity contribution in [3.8, 4) is 28.4 Å². The van der Waals surface area contributed by atoms with Crippen LogP contribution in [0.25, 0.3) is 11.1 Å². The number of aliphatic carboxylic acids is 3. The third-order valence-electron chi connectivity index (χ3n) is 13.7. The number of rotatable bonds is 64. The first-order valence-electron chi connectivity index (χ1n) is 33.0. The van der Waals surface area contributed by atoms with Crippen LogP contribution in [0.3, 0.4) is 0 Å². The van der Waals surface area contributed by atoms with Gasteiger partial charge >= 0.3 is 23.9 Å². The summed E-state index contributed by atoms with van der Waals surface area (Å²) >= 11 is 1.81. The van der Waals surface area contributed by atoms with E-state index in [9.17, 15) is 43.2 Å². The number of carboxylic acid groups (broad SMARTS) is 3. The molecule has 2 aromatic carbocycles. The van der Waals surface area contributed by atoms with Gasteiger partial charge in [0, 0.05) is 61.8 Å². The van der Waals surface area contributed by atoms with Gasteiger partial charge in [0.25, 0.3) is 23.6 Å². The number of carboxylic acids is 3. The van der Waals surface area contributed by atoms with Crippen molar-refractivity contribution >= 4 is 65.2 Å². The molecule has 2 heterocycles. The first kappa shape index (κ1) is 84.2. The van der Waals surface area contributed by atoms with Gasteiger partial charge in [-0.15, -0.1) is 0 Å². The van der Waals surface area contributed by atoms with Gasteiger partial charge in [0.2, 0.25) is 5.91 Å². The van der Waals surface area contributed by atoms with Crippen LogP contribution in [0.4, 0.5) is 4.79 Å². The Labute approximate surface area is 579 Å². The van der Waals surface area contributed by atoms with E-state index in [0.717, 1.165) is 18.6 Å². The van der Waals surface area contributed by atoms with Crippen LogP contribution in [0.2, 0.25) is 0 Å². The average molecular weight is 1430 g/mol. The first-order valence-corrected chi connectivity index (χ1v) is 34.0. The highest BCUT2D eigenvalue weighted by Gasteiger charge is 2.42. The molecule has 0 unspecified atom stereocenters. The second kappa shape index (κ2) is 54.6. The summed E-state index contributed by atoms with van der Waals surface area (Å²) in [5.74, 6) is -3.77. The van der Waals surface area contributed by atoms with E-state index in [0.29, 0.717) is 77.0 Å². The third kappa shape index (κ3) is 43.1. The lowest BCUT2D eigenvalue weighted by atomic mass is 10.0. The van der Waals surface area contributed by atoms with Crippen molar-refractivity contribution in [2.75, 3.05) is 217 Å². The van der Waals surface area contributed by atoms with E-state index < -0.39 is 61.4 Å². The van der Waals surface area contributed by atoms with Gasteiger partial charge in [0.15, 0.2) is 19.8 Å². The molecule has 10 N–H and O–H groups in total. The molecule has 0 aliphatic carbocycles. The molecule has 0 radical (unpaired) electrons. The standard InChI is InChI=1S/C64H99N7O27S/c72-55(4-2-1-3-54-62-53(46-99-54)70-64(83)71-62)65-8-9-69-63(82)49-37-47(38-50(41-49)96-43-56(73)66-10-16-87-22-28-93-34-31-90-25-19-84-13-5-59(76)77)48-39-51(97-44-57(74)67-11-17-88-23-29-94-35-32-91-26-20-85-14-6-60(78)79)42-52(40-48)98-45-58(75)68-12-18-89-24-30-95-36-33-92-27-21-86-15-7-61(80)81/h37-42,53-54,62H,1-36,43-46H2,(H,65,72)(H,66,73)(H,67,74)(H,68,75)(H,69,82)(H,76,77)(H,78,79)(H,80,81)(H2,70,71,83)/t53-,54-,62-/m0/s1. The number of hydrogen-bond acceptors (Lipinski definition) is 25. The summed E-state index contributed by atoms with van der Waals surface area (Å²) in [7, 11) is 0. The molecule has 3 atom stereocenters. The van der Waals surface area contributed by atoms with Crippen LogP contribution < -0.4 is 51.4 Å². The number of ether oxygens (including phenoxy) is 15. The van der Waals surface area contributed by atoms with E-state index in [4.69, 9.17) is 86.4 Å². The number of carbonyl (C=O) groups is 9. The van der Waals surface area contributed by atoms with Crippen LogP contribution in [0.15, 0.2) is 36.4 Å². The largest absolute Gasteiger partial charge is 0.484 e. The lowest BCUT2D eigenvalue weighted by molar-refractivity contribution is -0.139. The molecule has 35 heteroatoms. The highest BCUT2D eigenvalue weighted by atomic mass is 32.2. The maximum Gasteiger partial charge on any atom is 0.315 e. The molecule has 2 aliphatic heterocycles. The van der Waals surface area contributed by atoms with Crippen LogP contribution in [0.5, 0.6) is 17.2 Å². The summed E-state index contributed by atoms with van der Waals surface area (Å²) in [6.45, 7) is 5.16. The summed E-state index contributed by atoms with van der Waals surface area (Å²) in [5.41, 5.74) is 0.872. The number of carbonyl (C=O) groups excluding carboxylic acids is 6. The second-order valence-corrected chi connectivity index (χ2v) is 22.9. The minimum absolute atomic E-state index is 0.0640. The molecule has 0 bridgehead atoms. The van der Waals surface area contributed by atoms with Crippen molar-refractivity contribution in [2.45, 2.75) is 62.3 Å². The number of thioether (sulfide) groups is 1. The van der Waals surface area contributed by atoms with Crippen LogP contribution in [0.1, 0.15) is 55.3 Å². The Bertz CT molecular complexity index is 2590. The summed E-state index contributed by atoms with van der Waals surface area (Å²) in [4.78, 5) is 109. The Morgan fingerprint density at radius 1 is 0.384 bits per heavy atom. The molecule has 2 aromatic rings. The fourth-order valence-electron chi connectivity index (χ4n) is 8.88. The summed E-state index contributed by atoms with van der Waals surface area (Å²) in [5, 5.41) is 46.0. The van der Waals surface area contributed by atoms with E-state index in [-0.39, 0.29) is 210 Å². The van der Waals surface area contributed by atoms with Crippen molar-refractivity contribution in [1.29, 1.82) is 0 Å². The van der Waals surface area contributed by atoms with Crippen LogP contribution in [-0.4, -0.2) is 303 Å². The fraction of sp³-hybridized carbons (Fsp3) is 0.672. The van der Waals surface area contributed by atoms with E-state index >= 15 is 0 Å². The van der Waals surface area contributed by atoms with E-state index in [1.807, 2.05) is 11.8 Å². The zero-order chi connectivity index (χ0) is 71.2. The predicted molar refractivity (Wildman–Crippen MR) is 353 cm³/mol. The Morgan fingerprint density at radius 2 is 0.727 bits per heavy atom. The second-order valence-electron chi connectivity index (χ2n) is 21.6. The maximum absolute atomic E-state index is 13.9. The molecule has 99 heavy (non-hydrogen) atoms. The van der Waals surface area contributed by atoms with Gasteiger partial charge in [-0.25, -0.2) is 4.79 Å². The number of benzene rings is 2. The Morgan fingerprint density at radius 3 is 1.12 bits per heavy atom. The van der Waals surface area contributed by atoms with E-state index in [1.165, 1.54) is 12.1 Å². The zero-order valence-electron chi connectivity index (χ0n) is 56.0. The minimum atomic E-state index is -0.938. The molecule has 7 amide bonds. The number of hydrogen-bond donors (Lipinski definition) is 10. The maximum atomic E-state index is 13.9. The molecule has 0 aromatic heterocycles. The fourth-order valence-corrected chi connectivity index (χ4v) is 10.4. The van der Waals surface area contributed by atoms with Gasteiger partial charge in [-0.1, -0.05) is 6.42 Å². The number of fused-ring (bicyclic) bond motifs is 1. The first-order chi connectivity index (χ1) is 48.1. The van der Waals surface area contributed by atoms with Gasteiger partial charge in [-0.05, 0) is 54.3 Å². The van der Waals surface area contributed by atoms with Crippen molar-refractivity contribution in [3.63, 3.8) is 0 Å². The molecular formula is C64H99N7O27S. The highest BCUT2D eigenvalue weighted by Crippen LogP contribution is 2.34. The normalized spacial score (nSPS) is 14.5. The number of nitrogens with one attached hydrogen (secondary N) is 7. The van der Waals surface area contributed by atoms with Crippen LogP contribution >= 0.6 is 11.8 Å². The molecule has 2 fully saturated rings. The van der Waals surface area contributed by atoms with Gasteiger partial charge in [0.05, 0.1) is 190 Å². The summed E-state index contributed by atoms with van der Waals surface area (Å²) in [6.07, 6.45) is 2.36. The van der Waals surface area contributed by atoms with Crippen molar-refractivity contribution in [1.82, 2.24) is 37.2 Å². The number of amides is 7. The highest BCUT2D eigenvalue weighted by molar-refractivity contribution is 8.00. The lowest BCUT2D eigenvalue weighted by Gasteiger charge is -2.16. The lowest BCUT2D eigenvalue weighted by Crippen LogP contribution is -2.36. The molecule has 558 valence electrons. The zero-order valence-corrected chi connectivity index (χ0v) is 56.8. The molecule has 0 saturated carbocycles. The van der Waals surface area contributed by atoms with E-state index in [1.54, 1.807) is 24.3 Å². The quantitative estimate of drug-likeness (QED) is 0.0309. The predicted octanol–water partition coefficient (Wildman–Crippen LogP) is 0.0337. The molecule has 34 nitrogen and oxygen atoms in total. The van der Waals surface area contributed by atoms with Crippen molar-refractivity contribution in [3.05, 3.63) is 42.0 Å². The van der Waals surface area contributed by atoms with Gasteiger partial charge in [-0.3, -0.25) is 38.4 Å². The topological polar surface area (TPSA) is 437 Å². The minimum Gasteiger partial charge on any atom is -0.484 e. The van der Waals surface area contributed by atoms with Gasteiger partial charge in [-0.2, -0.15) is 11.8 Å². The Kier molecular flexibility index (Phi) is 46.4. The number of urea groups is 1. The van der Waals surface area contributed by atoms with Gasteiger partial charge in [0.1, 0.15) is 17.2 Å². The summed E-state index contributed by atoms with van der Waals surface area (Å²) < 4.78 is 82.7. The third-order valence-corrected chi connectivity index (χ3v) is 15.2. The molecule has 0 spiro atoms. The SMILES string of the molecule is O=C(O)CCOCCOCCOCCOCCNC(=O)COc1cc(OCC(=O)NCCOCCOCCOCCOCCC(=O)O)cc(-c2cc(OCC(=O)NCCOCCOCCOCCOCCC(=O)O)cc(C(=O)NCCNC(=O)CCCC[C@@H]3SC[C@@H]4NC(=O)N[C@@H]43)c2)c1. The molecule has 2 aliphatic rings. The van der Waals surface area contributed by atoms with Gasteiger partial charge < -0.3 is 124 Å². The van der Waals surface area contributed by atoms with E-state index in [2.05, 4.69) is 37.2 Å². The Balaban J connectivity index is 1.34. The van der Waals surface area contributed by atoms with Crippen molar-refractivity contribution < 1.29 is 130 Å². The average Bonchev–Trinajstić information content (AvgIpc) is 1.76. The molecule has 2 saturated heterocycles. The summed E-state index contributed by atoms with van der Waals surface area (Å²) in [6, 6.07) is 9.29. The van der Waals surface area contributed by atoms with Crippen molar-refractivity contribution in [2.24, 2.45) is 0 Å². The molecular weight excluding hydrogens is 1330 g/mol. The Hall–Kier alpha value is -7.26. The van der Waals surface area contributed by atoms with Crippen LogP contribution in [0, 0.1) is 0 Å². The molecule has 4 rings (SSSR count).